The fourth-order valence-corrected chi connectivity index (χ4v) is 2.09. The molecular weight excluding hydrogens is 284 g/mol. The minimum atomic E-state index is -2.37. The summed E-state index contributed by atoms with van der Waals surface area (Å²) in [6, 6.07) is 3.83. The van der Waals surface area contributed by atoms with Crippen LogP contribution in [-0.2, 0) is 12.3 Å². The van der Waals surface area contributed by atoms with Crippen LogP contribution in [-0.4, -0.2) is 15.5 Å². The number of halogens is 2. The number of hydrogen-bond acceptors (Lipinski definition) is 4. The first-order valence-electron chi connectivity index (χ1n) is 6.30. The van der Waals surface area contributed by atoms with Crippen molar-refractivity contribution in [2.45, 2.75) is 37.9 Å². The maximum atomic E-state index is 12.1. The van der Waals surface area contributed by atoms with E-state index in [4.69, 9.17) is 4.42 Å². The molecule has 0 atom stereocenters. The SMILES string of the molecule is CC(C)n1cc(NCc2ccc(CSC(F)F)o2)cn1. The fraction of sp³-hybridized carbons (Fsp3) is 0.462. The molecule has 0 unspecified atom stereocenters. The first kappa shape index (κ1) is 14.9. The highest BCUT2D eigenvalue weighted by Crippen LogP contribution is 2.21. The third kappa shape index (κ3) is 4.26. The Labute approximate surface area is 120 Å². The van der Waals surface area contributed by atoms with Gasteiger partial charge in [-0.1, -0.05) is 11.8 Å². The zero-order valence-corrected chi connectivity index (χ0v) is 12.2. The molecule has 0 spiro atoms. The topological polar surface area (TPSA) is 43.0 Å². The molecule has 7 heteroatoms. The molecule has 0 amide bonds. The molecule has 0 radical (unpaired) electrons. The molecule has 4 nitrogen and oxygen atoms in total. The summed E-state index contributed by atoms with van der Waals surface area (Å²) in [7, 11) is 0. The molecule has 2 aromatic heterocycles. The Morgan fingerprint density at radius 2 is 2.10 bits per heavy atom. The lowest BCUT2D eigenvalue weighted by Gasteiger charge is -2.03. The van der Waals surface area contributed by atoms with Crippen molar-refractivity contribution in [1.29, 1.82) is 0 Å². The quantitative estimate of drug-likeness (QED) is 0.835. The van der Waals surface area contributed by atoms with E-state index in [-0.39, 0.29) is 5.75 Å². The van der Waals surface area contributed by atoms with E-state index in [0.29, 0.717) is 35.9 Å². The van der Waals surface area contributed by atoms with Crippen molar-refractivity contribution in [2.75, 3.05) is 5.32 Å². The van der Waals surface area contributed by atoms with Gasteiger partial charge in [-0.15, -0.1) is 0 Å². The third-order valence-electron chi connectivity index (χ3n) is 2.67. The van der Waals surface area contributed by atoms with Crippen LogP contribution in [0.3, 0.4) is 0 Å². The second-order valence-corrected chi connectivity index (χ2v) is 5.57. The minimum absolute atomic E-state index is 0.183. The normalized spacial score (nSPS) is 11.5. The summed E-state index contributed by atoms with van der Waals surface area (Å²) in [6.45, 7) is 4.61. The first-order valence-corrected chi connectivity index (χ1v) is 7.35. The van der Waals surface area contributed by atoms with Gasteiger partial charge in [-0.05, 0) is 26.0 Å². The van der Waals surface area contributed by atoms with Crippen LogP contribution in [0.1, 0.15) is 31.4 Å². The van der Waals surface area contributed by atoms with E-state index < -0.39 is 5.76 Å². The molecule has 0 aliphatic carbocycles. The first-order chi connectivity index (χ1) is 9.54. The van der Waals surface area contributed by atoms with Gasteiger partial charge in [0.05, 0.1) is 24.2 Å². The Kier molecular flexibility index (Phi) is 5.05. The lowest BCUT2D eigenvalue weighted by Crippen LogP contribution is -2.00. The molecule has 1 N–H and O–H groups in total. The van der Waals surface area contributed by atoms with Crippen molar-refractivity contribution in [1.82, 2.24) is 9.78 Å². The number of alkyl halides is 2. The predicted molar refractivity (Wildman–Crippen MR) is 75.9 cm³/mol. The van der Waals surface area contributed by atoms with Crippen molar-refractivity contribution in [2.24, 2.45) is 0 Å². The lowest BCUT2D eigenvalue weighted by atomic mass is 10.4. The largest absolute Gasteiger partial charge is 0.463 e. The van der Waals surface area contributed by atoms with E-state index in [1.807, 2.05) is 10.9 Å². The zero-order valence-electron chi connectivity index (χ0n) is 11.3. The van der Waals surface area contributed by atoms with Crippen molar-refractivity contribution in [3.05, 3.63) is 36.0 Å². The van der Waals surface area contributed by atoms with Crippen LogP contribution >= 0.6 is 11.8 Å². The average Bonchev–Trinajstić information content (AvgIpc) is 3.03. The van der Waals surface area contributed by atoms with E-state index >= 15 is 0 Å². The fourth-order valence-electron chi connectivity index (χ4n) is 1.64. The van der Waals surface area contributed by atoms with Crippen LogP contribution in [0, 0.1) is 0 Å². The molecule has 2 rings (SSSR count). The van der Waals surface area contributed by atoms with Crippen molar-refractivity contribution in [3.63, 3.8) is 0 Å². The van der Waals surface area contributed by atoms with Gasteiger partial charge in [-0.2, -0.15) is 13.9 Å². The predicted octanol–water partition coefficient (Wildman–Crippen LogP) is 4.12. The number of furan rings is 1. The monoisotopic (exact) mass is 301 g/mol. The summed E-state index contributed by atoms with van der Waals surface area (Å²) in [5.41, 5.74) is 0.901. The Bertz CT molecular complexity index is 539. The molecule has 0 aromatic carbocycles. The van der Waals surface area contributed by atoms with Gasteiger partial charge in [0.1, 0.15) is 11.5 Å². The molecule has 0 aliphatic rings. The molecule has 2 heterocycles. The van der Waals surface area contributed by atoms with Crippen LogP contribution in [0.15, 0.2) is 28.9 Å². The van der Waals surface area contributed by atoms with Crippen LogP contribution in [0.5, 0.6) is 0 Å². The maximum absolute atomic E-state index is 12.1. The smallest absolute Gasteiger partial charge is 0.284 e. The van der Waals surface area contributed by atoms with E-state index in [1.165, 1.54) is 0 Å². The maximum Gasteiger partial charge on any atom is 0.284 e. The Morgan fingerprint density at radius 3 is 2.75 bits per heavy atom. The zero-order chi connectivity index (χ0) is 14.5. The summed E-state index contributed by atoms with van der Waals surface area (Å²) >= 11 is 0.558. The number of aromatic nitrogens is 2. The van der Waals surface area contributed by atoms with E-state index in [9.17, 15) is 8.78 Å². The highest BCUT2D eigenvalue weighted by molar-refractivity contribution is 7.98. The van der Waals surface area contributed by atoms with Gasteiger partial charge in [0, 0.05) is 12.2 Å². The van der Waals surface area contributed by atoms with Gasteiger partial charge >= 0.3 is 0 Å². The van der Waals surface area contributed by atoms with Gasteiger partial charge in [0.25, 0.3) is 5.76 Å². The molecule has 0 saturated carbocycles. The number of thioether (sulfide) groups is 1. The van der Waals surface area contributed by atoms with E-state index in [1.54, 1.807) is 18.3 Å². The number of nitrogens with one attached hydrogen (secondary N) is 1. The van der Waals surface area contributed by atoms with Crippen LogP contribution in [0.2, 0.25) is 0 Å². The highest BCUT2D eigenvalue weighted by atomic mass is 32.2. The summed E-state index contributed by atoms with van der Waals surface area (Å²) < 4.78 is 31.5. The Morgan fingerprint density at radius 1 is 1.35 bits per heavy atom. The van der Waals surface area contributed by atoms with Crippen molar-refractivity contribution < 1.29 is 13.2 Å². The lowest BCUT2D eigenvalue weighted by molar-refractivity contribution is 0.251. The number of nitrogens with zero attached hydrogens (tertiary/aromatic N) is 2. The third-order valence-corrected chi connectivity index (χ3v) is 3.37. The van der Waals surface area contributed by atoms with Crippen LogP contribution < -0.4 is 5.32 Å². The summed E-state index contributed by atoms with van der Waals surface area (Å²) in [4.78, 5) is 0. The molecule has 2 aromatic rings. The number of hydrogen-bond donors (Lipinski definition) is 1. The van der Waals surface area contributed by atoms with Crippen LogP contribution in [0.4, 0.5) is 14.5 Å². The van der Waals surface area contributed by atoms with Crippen molar-refractivity contribution in [3.8, 4) is 0 Å². The minimum Gasteiger partial charge on any atom is -0.463 e. The summed E-state index contributed by atoms with van der Waals surface area (Å²) in [6.07, 6.45) is 3.66. The molecule has 110 valence electrons. The van der Waals surface area contributed by atoms with Gasteiger partial charge in [-0.25, -0.2) is 0 Å². The summed E-state index contributed by atoms with van der Waals surface area (Å²) in [5.74, 6) is -0.913. The second-order valence-electron chi connectivity index (χ2n) is 4.60. The van der Waals surface area contributed by atoms with Gasteiger partial charge in [0.2, 0.25) is 0 Å². The van der Waals surface area contributed by atoms with Gasteiger partial charge in [-0.3, -0.25) is 4.68 Å². The van der Waals surface area contributed by atoms with Gasteiger partial charge < -0.3 is 9.73 Å². The molecule has 0 fully saturated rings. The molecule has 0 bridgehead atoms. The van der Waals surface area contributed by atoms with E-state index in [0.717, 1.165) is 5.69 Å². The molecule has 20 heavy (non-hydrogen) atoms. The highest BCUT2D eigenvalue weighted by Gasteiger charge is 2.08. The standard InChI is InChI=1S/C13H17F2N3OS/c1-9(2)18-7-10(5-17-18)16-6-11-3-4-12(19-11)8-20-13(14)15/h3-5,7,9,13,16H,6,8H2,1-2H3. The van der Waals surface area contributed by atoms with E-state index in [2.05, 4.69) is 24.3 Å². The summed E-state index contributed by atoms with van der Waals surface area (Å²) in [5, 5.41) is 7.40. The van der Waals surface area contributed by atoms with Crippen molar-refractivity contribution >= 4 is 17.4 Å². The van der Waals surface area contributed by atoms with Gasteiger partial charge in [0.15, 0.2) is 0 Å². The number of rotatable bonds is 7. The van der Waals surface area contributed by atoms with Crippen LogP contribution in [0.25, 0.3) is 0 Å². The molecule has 0 aliphatic heterocycles. The Hall–Kier alpha value is -1.50. The Balaban J connectivity index is 1.84. The number of anilines is 1. The molecular formula is C13H17F2N3OS. The average molecular weight is 301 g/mol. The molecule has 0 saturated heterocycles. The second kappa shape index (κ2) is 6.78.